The lowest BCUT2D eigenvalue weighted by Gasteiger charge is -2.18. The summed E-state index contributed by atoms with van der Waals surface area (Å²) in [6, 6.07) is 8.09. The van der Waals surface area contributed by atoms with E-state index in [4.69, 9.17) is 14.4 Å². The Kier molecular flexibility index (Phi) is 4.96. The smallest absolute Gasteiger partial charge is 0.417 e. The molecule has 0 aliphatic heterocycles. The molecule has 1 aromatic carbocycles. The van der Waals surface area contributed by atoms with Crippen LogP contribution in [0.3, 0.4) is 0 Å². The standard InChI is InChI=1S/C16H15F3N2O2/c1-10-3-6-15(23-10)14(9-22-2)21-12-5-4-11(8-20)13(7-12)16(17,18)19/h3-7,14,21H,9H2,1-2H3. The van der Waals surface area contributed by atoms with Gasteiger partial charge in [0.05, 0.1) is 23.8 Å². The Labute approximate surface area is 131 Å². The number of furan rings is 1. The van der Waals surface area contributed by atoms with Crippen LogP contribution in [0.1, 0.15) is 28.7 Å². The van der Waals surface area contributed by atoms with Crippen LogP contribution >= 0.6 is 0 Å². The lowest BCUT2D eigenvalue weighted by Crippen LogP contribution is -2.16. The molecule has 2 rings (SSSR count). The number of halogens is 3. The number of aryl methyl sites for hydroxylation is 1. The highest BCUT2D eigenvalue weighted by atomic mass is 19.4. The third kappa shape index (κ3) is 4.05. The molecular weight excluding hydrogens is 309 g/mol. The molecule has 1 aromatic heterocycles. The molecule has 0 amide bonds. The fourth-order valence-electron chi connectivity index (χ4n) is 2.17. The largest absolute Gasteiger partial charge is 0.464 e. The Bertz CT molecular complexity index is 717. The van der Waals surface area contributed by atoms with E-state index in [1.165, 1.54) is 13.2 Å². The highest BCUT2D eigenvalue weighted by Crippen LogP contribution is 2.34. The Morgan fingerprint density at radius 1 is 1.30 bits per heavy atom. The summed E-state index contributed by atoms with van der Waals surface area (Å²) < 4.78 is 49.6. The van der Waals surface area contributed by atoms with Crippen LogP contribution in [-0.4, -0.2) is 13.7 Å². The summed E-state index contributed by atoms with van der Waals surface area (Å²) >= 11 is 0. The highest BCUT2D eigenvalue weighted by molar-refractivity contribution is 5.54. The van der Waals surface area contributed by atoms with Gasteiger partial charge in [0, 0.05) is 12.8 Å². The Morgan fingerprint density at radius 3 is 2.57 bits per heavy atom. The van der Waals surface area contributed by atoms with E-state index < -0.39 is 23.3 Å². The zero-order valence-corrected chi connectivity index (χ0v) is 12.6. The van der Waals surface area contributed by atoms with Crippen LogP contribution < -0.4 is 5.32 Å². The molecule has 4 nitrogen and oxygen atoms in total. The molecule has 7 heteroatoms. The van der Waals surface area contributed by atoms with Crippen molar-refractivity contribution in [2.24, 2.45) is 0 Å². The summed E-state index contributed by atoms with van der Waals surface area (Å²) in [4.78, 5) is 0. The van der Waals surface area contributed by atoms with Crippen LogP contribution in [-0.2, 0) is 10.9 Å². The topological polar surface area (TPSA) is 58.2 Å². The van der Waals surface area contributed by atoms with Crippen molar-refractivity contribution in [2.75, 3.05) is 19.0 Å². The van der Waals surface area contributed by atoms with E-state index in [1.54, 1.807) is 25.1 Å². The molecular formula is C16H15F3N2O2. The fourth-order valence-corrected chi connectivity index (χ4v) is 2.17. The van der Waals surface area contributed by atoms with Gasteiger partial charge in [0.2, 0.25) is 0 Å². The average molecular weight is 324 g/mol. The number of alkyl halides is 3. The van der Waals surface area contributed by atoms with Gasteiger partial charge in [-0.2, -0.15) is 18.4 Å². The normalized spacial score (nSPS) is 12.7. The first-order valence-corrected chi connectivity index (χ1v) is 6.78. The minimum atomic E-state index is -4.60. The number of rotatable bonds is 5. The van der Waals surface area contributed by atoms with Crippen molar-refractivity contribution in [3.63, 3.8) is 0 Å². The zero-order chi connectivity index (χ0) is 17.0. The molecule has 0 fully saturated rings. The second kappa shape index (κ2) is 6.75. The first-order chi connectivity index (χ1) is 10.8. The summed E-state index contributed by atoms with van der Waals surface area (Å²) in [5.41, 5.74) is -1.16. The summed E-state index contributed by atoms with van der Waals surface area (Å²) in [6.07, 6.45) is -4.60. The van der Waals surface area contributed by atoms with Crippen LogP contribution in [0, 0.1) is 18.3 Å². The molecule has 1 atom stereocenters. The van der Waals surface area contributed by atoms with Crippen LogP contribution in [0.25, 0.3) is 0 Å². The summed E-state index contributed by atoms with van der Waals surface area (Å²) in [7, 11) is 1.49. The zero-order valence-electron chi connectivity index (χ0n) is 12.6. The number of hydrogen-bond donors (Lipinski definition) is 1. The van der Waals surface area contributed by atoms with Gasteiger partial charge in [-0.25, -0.2) is 0 Å². The Hall–Kier alpha value is -2.46. The van der Waals surface area contributed by atoms with Gasteiger partial charge in [-0.3, -0.25) is 0 Å². The van der Waals surface area contributed by atoms with E-state index in [-0.39, 0.29) is 12.3 Å². The molecule has 1 heterocycles. The minimum Gasteiger partial charge on any atom is -0.464 e. The van der Waals surface area contributed by atoms with E-state index in [1.807, 2.05) is 0 Å². The number of hydrogen-bond acceptors (Lipinski definition) is 4. The number of nitrogens with zero attached hydrogens (tertiary/aromatic N) is 1. The molecule has 0 saturated carbocycles. The molecule has 1 N–H and O–H groups in total. The molecule has 0 saturated heterocycles. The molecule has 0 aliphatic rings. The second-order valence-corrected chi connectivity index (χ2v) is 4.97. The van der Waals surface area contributed by atoms with Crippen molar-refractivity contribution >= 4 is 5.69 Å². The van der Waals surface area contributed by atoms with Crippen molar-refractivity contribution in [1.29, 1.82) is 5.26 Å². The predicted octanol–water partition coefficient (Wildman–Crippen LogP) is 4.28. The number of nitriles is 1. The number of nitrogens with one attached hydrogen (secondary N) is 1. The third-order valence-electron chi connectivity index (χ3n) is 3.22. The minimum absolute atomic E-state index is 0.217. The number of anilines is 1. The molecule has 0 spiro atoms. The van der Waals surface area contributed by atoms with Gasteiger partial charge in [-0.1, -0.05) is 0 Å². The van der Waals surface area contributed by atoms with Gasteiger partial charge in [0.1, 0.15) is 17.6 Å². The third-order valence-corrected chi connectivity index (χ3v) is 3.22. The molecule has 0 radical (unpaired) electrons. The van der Waals surface area contributed by atoms with Crippen LogP contribution in [0.4, 0.5) is 18.9 Å². The van der Waals surface area contributed by atoms with Gasteiger partial charge in [0.25, 0.3) is 0 Å². The van der Waals surface area contributed by atoms with E-state index in [0.717, 1.165) is 12.1 Å². The van der Waals surface area contributed by atoms with Crippen molar-refractivity contribution in [1.82, 2.24) is 0 Å². The van der Waals surface area contributed by atoms with E-state index in [9.17, 15) is 13.2 Å². The van der Waals surface area contributed by atoms with Crippen LogP contribution in [0.5, 0.6) is 0 Å². The quantitative estimate of drug-likeness (QED) is 0.892. The summed E-state index contributed by atoms with van der Waals surface area (Å²) in [5.74, 6) is 1.25. The average Bonchev–Trinajstić information content (AvgIpc) is 2.92. The molecule has 0 aliphatic carbocycles. The maximum absolute atomic E-state index is 13.0. The van der Waals surface area contributed by atoms with Gasteiger partial charge in [0.15, 0.2) is 0 Å². The Balaban J connectivity index is 2.32. The van der Waals surface area contributed by atoms with Crippen molar-refractivity contribution in [3.05, 3.63) is 53.0 Å². The lowest BCUT2D eigenvalue weighted by molar-refractivity contribution is -0.137. The van der Waals surface area contributed by atoms with E-state index >= 15 is 0 Å². The molecule has 0 bridgehead atoms. The number of ether oxygens (including phenoxy) is 1. The van der Waals surface area contributed by atoms with Crippen molar-refractivity contribution in [3.8, 4) is 6.07 Å². The van der Waals surface area contributed by atoms with Gasteiger partial charge >= 0.3 is 6.18 Å². The first-order valence-electron chi connectivity index (χ1n) is 6.78. The lowest BCUT2D eigenvalue weighted by atomic mass is 10.1. The maximum atomic E-state index is 13.0. The van der Waals surface area contributed by atoms with Crippen molar-refractivity contribution < 1.29 is 22.3 Å². The monoisotopic (exact) mass is 324 g/mol. The second-order valence-electron chi connectivity index (χ2n) is 4.97. The van der Waals surface area contributed by atoms with E-state index in [0.29, 0.717) is 11.5 Å². The summed E-state index contributed by atoms with van der Waals surface area (Å²) in [6.45, 7) is 1.99. The molecule has 122 valence electrons. The van der Waals surface area contributed by atoms with Crippen LogP contribution in [0.15, 0.2) is 34.7 Å². The fraction of sp³-hybridized carbons (Fsp3) is 0.312. The van der Waals surface area contributed by atoms with Gasteiger partial charge in [-0.05, 0) is 37.3 Å². The molecule has 1 unspecified atom stereocenters. The van der Waals surface area contributed by atoms with E-state index in [2.05, 4.69) is 5.32 Å². The SMILES string of the molecule is COCC(Nc1ccc(C#N)c(C(F)(F)F)c1)c1ccc(C)o1. The molecule has 23 heavy (non-hydrogen) atoms. The number of methoxy groups -OCH3 is 1. The van der Waals surface area contributed by atoms with Crippen LogP contribution in [0.2, 0.25) is 0 Å². The first kappa shape index (κ1) is 16.9. The highest BCUT2D eigenvalue weighted by Gasteiger charge is 2.34. The maximum Gasteiger partial charge on any atom is 0.417 e. The Morgan fingerprint density at radius 2 is 2.04 bits per heavy atom. The molecule has 2 aromatic rings. The van der Waals surface area contributed by atoms with Gasteiger partial charge < -0.3 is 14.5 Å². The van der Waals surface area contributed by atoms with Gasteiger partial charge in [-0.15, -0.1) is 0 Å². The summed E-state index contributed by atoms with van der Waals surface area (Å²) in [5, 5.41) is 11.8. The van der Waals surface area contributed by atoms with Crippen molar-refractivity contribution in [2.45, 2.75) is 19.1 Å². The predicted molar refractivity (Wildman–Crippen MR) is 77.8 cm³/mol. The number of benzene rings is 1.